The highest BCUT2D eigenvalue weighted by Gasteiger charge is 2.20. The third kappa shape index (κ3) is 4.00. The molecule has 3 aromatic heterocycles. The van der Waals surface area contributed by atoms with E-state index in [0.717, 1.165) is 39.5 Å². The standard InChI is InChI=1S/C24H20N4O2S/c29-23(27-14-18-2-1-11-31-18)16-5-3-15(4-6-16)21-12-17(7-9-25-21)22-13-19-20(28-22)8-10-26-24(19)30/h1-7,9,11-13,28H,8,10,14H2,(H,26,30)(H,27,29). The molecular weight excluding hydrogens is 408 g/mol. The van der Waals surface area contributed by atoms with E-state index in [1.165, 1.54) is 0 Å². The van der Waals surface area contributed by atoms with Crippen LogP contribution in [0.5, 0.6) is 0 Å². The Morgan fingerprint density at radius 1 is 1.10 bits per heavy atom. The molecule has 154 valence electrons. The van der Waals surface area contributed by atoms with E-state index in [0.29, 0.717) is 24.2 Å². The van der Waals surface area contributed by atoms with Crippen LogP contribution in [0, 0.1) is 0 Å². The minimum atomic E-state index is -0.100. The van der Waals surface area contributed by atoms with E-state index in [4.69, 9.17) is 0 Å². The normalized spacial score (nSPS) is 12.8. The number of nitrogens with zero attached hydrogens (tertiary/aromatic N) is 1. The molecule has 6 nitrogen and oxygen atoms in total. The van der Waals surface area contributed by atoms with Crippen LogP contribution in [0.15, 0.2) is 66.2 Å². The maximum absolute atomic E-state index is 12.4. The highest BCUT2D eigenvalue weighted by molar-refractivity contribution is 7.09. The van der Waals surface area contributed by atoms with Gasteiger partial charge in [-0.25, -0.2) is 0 Å². The summed E-state index contributed by atoms with van der Waals surface area (Å²) < 4.78 is 0. The van der Waals surface area contributed by atoms with Crippen LogP contribution in [0.25, 0.3) is 22.5 Å². The van der Waals surface area contributed by atoms with Gasteiger partial charge in [0.25, 0.3) is 11.8 Å². The lowest BCUT2D eigenvalue weighted by Gasteiger charge is -2.11. The third-order valence-electron chi connectivity index (χ3n) is 5.32. The van der Waals surface area contributed by atoms with Crippen molar-refractivity contribution >= 4 is 23.2 Å². The maximum atomic E-state index is 12.4. The second-order valence-corrected chi connectivity index (χ2v) is 8.38. The zero-order valence-corrected chi connectivity index (χ0v) is 17.5. The van der Waals surface area contributed by atoms with Crippen molar-refractivity contribution in [3.63, 3.8) is 0 Å². The monoisotopic (exact) mass is 428 g/mol. The van der Waals surface area contributed by atoms with Gasteiger partial charge in [0.05, 0.1) is 17.8 Å². The number of thiophene rings is 1. The van der Waals surface area contributed by atoms with Gasteiger partial charge in [-0.1, -0.05) is 18.2 Å². The average Bonchev–Trinajstić information content (AvgIpc) is 3.48. The van der Waals surface area contributed by atoms with E-state index in [2.05, 4.69) is 20.6 Å². The molecule has 2 amide bonds. The summed E-state index contributed by atoms with van der Waals surface area (Å²) in [5.74, 6) is -0.136. The fourth-order valence-electron chi connectivity index (χ4n) is 3.68. The zero-order valence-electron chi connectivity index (χ0n) is 16.6. The largest absolute Gasteiger partial charge is 0.358 e. The first-order valence-electron chi connectivity index (χ1n) is 10.0. The van der Waals surface area contributed by atoms with Gasteiger partial charge in [-0.2, -0.15) is 0 Å². The van der Waals surface area contributed by atoms with Crippen molar-refractivity contribution in [2.75, 3.05) is 6.54 Å². The lowest BCUT2D eigenvalue weighted by atomic mass is 10.0. The molecular formula is C24H20N4O2S. The lowest BCUT2D eigenvalue weighted by molar-refractivity contribution is 0.0940. The van der Waals surface area contributed by atoms with Crippen molar-refractivity contribution in [2.45, 2.75) is 13.0 Å². The number of amides is 2. The van der Waals surface area contributed by atoms with Crippen LogP contribution >= 0.6 is 11.3 Å². The van der Waals surface area contributed by atoms with Crippen molar-refractivity contribution in [2.24, 2.45) is 0 Å². The molecule has 7 heteroatoms. The molecule has 4 aromatic rings. The van der Waals surface area contributed by atoms with E-state index in [1.807, 2.05) is 60.0 Å². The van der Waals surface area contributed by atoms with Crippen LogP contribution < -0.4 is 10.6 Å². The number of nitrogens with one attached hydrogen (secondary N) is 3. The highest BCUT2D eigenvalue weighted by Crippen LogP contribution is 2.27. The van der Waals surface area contributed by atoms with Crippen LogP contribution in [-0.2, 0) is 13.0 Å². The SMILES string of the molecule is O=C(NCc1cccs1)c1ccc(-c2cc(-c3cc4c([nH]3)CCNC4=O)ccn2)cc1. The number of pyridine rings is 1. The number of carbonyl (C=O) groups excluding carboxylic acids is 2. The van der Waals surface area contributed by atoms with Gasteiger partial charge in [-0.3, -0.25) is 14.6 Å². The van der Waals surface area contributed by atoms with Gasteiger partial charge in [0.1, 0.15) is 0 Å². The molecule has 0 spiro atoms. The van der Waals surface area contributed by atoms with Crippen LogP contribution in [0.1, 0.15) is 31.3 Å². The Hall–Kier alpha value is -3.71. The fourth-order valence-corrected chi connectivity index (χ4v) is 4.32. The first-order valence-corrected chi connectivity index (χ1v) is 10.9. The molecule has 0 atom stereocenters. The Labute approximate surface area is 183 Å². The van der Waals surface area contributed by atoms with Gasteiger partial charge in [0, 0.05) is 52.1 Å². The number of hydrogen-bond donors (Lipinski definition) is 3. The van der Waals surface area contributed by atoms with Crippen molar-refractivity contribution in [1.82, 2.24) is 20.6 Å². The Morgan fingerprint density at radius 2 is 1.97 bits per heavy atom. The molecule has 0 unspecified atom stereocenters. The molecule has 1 aromatic carbocycles. The van der Waals surface area contributed by atoms with E-state index in [9.17, 15) is 9.59 Å². The number of fused-ring (bicyclic) bond motifs is 1. The summed E-state index contributed by atoms with van der Waals surface area (Å²) in [4.78, 5) is 33.4. The number of H-pyrrole nitrogens is 1. The molecule has 0 bridgehead atoms. The Balaban J connectivity index is 1.34. The first-order chi connectivity index (χ1) is 15.2. The van der Waals surface area contributed by atoms with Crippen LogP contribution in [0.3, 0.4) is 0 Å². The number of hydrogen-bond acceptors (Lipinski definition) is 4. The van der Waals surface area contributed by atoms with Gasteiger partial charge in [0.15, 0.2) is 0 Å². The Bertz CT molecular complexity index is 1240. The minimum Gasteiger partial charge on any atom is -0.358 e. The van der Waals surface area contributed by atoms with Crippen molar-refractivity contribution < 1.29 is 9.59 Å². The zero-order chi connectivity index (χ0) is 21.2. The average molecular weight is 429 g/mol. The summed E-state index contributed by atoms with van der Waals surface area (Å²) in [7, 11) is 0. The smallest absolute Gasteiger partial charge is 0.253 e. The lowest BCUT2D eigenvalue weighted by Crippen LogP contribution is -2.31. The van der Waals surface area contributed by atoms with E-state index in [-0.39, 0.29) is 11.8 Å². The summed E-state index contributed by atoms with van der Waals surface area (Å²) in [6.45, 7) is 1.18. The molecule has 0 fully saturated rings. The van der Waals surface area contributed by atoms with E-state index < -0.39 is 0 Å². The van der Waals surface area contributed by atoms with Crippen LogP contribution in [0.4, 0.5) is 0 Å². The molecule has 3 N–H and O–H groups in total. The summed E-state index contributed by atoms with van der Waals surface area (Å²) in [5, 5.41) is 7.80. The molecule has 1 aliphatic heterocycles. The molecule has 5 rings (SSSR count). The highest BCUT2D eigenvalue weighted by atomic mass is 32.1. The topological polar surface area (TPSA) is 86.9 Å². The summed E-state index contributed by atoms with van der Waals surface area (Å²) in [5.41, 5.74) is 5.87. The predicted molar refractivity (Wildman–Crippen MR) is 121 cm³/mol. The molecule has 0 saturated heterocycles. The summed E-state index contributed by atoms with van der Waals surface area (Å²) in [6, 6.07) is 17.2. The van der Waals surface area contributed by atoms with Gasteiger partial charge < -0.3 is 15.6 Å². The predicted octanol–water partition coefficient (Wildman–Crippen LogP) is 4.02. The number of benzene rings is 1. The van der Waals surface area contributed by atoms with Gasteiger partial charge >= 0.3 is 0 Å². The first kappa shape index (κ1) is 19.3. The number of aromatic amines is 1. The fraction of sp³-hybridized carbons (Fsp3) is 0.125. The van der Waals surface area contributed by atoms with Gasteiger partial charge in [-0.05, 0) is 41.8 Å². The third-order valence-corrected chi connectivity index (χ3v) is 6.20. The van der Waals surface area contributed by atoms with Crippen molar-refractivity contribution in [3.8, 4) is 22.5 Å². The second kappa shape index (κ2) is 8.20. The van der Waals surface area contributed by atoms with E-state index >= 15 is 0 Å². The van der Waals surface area contributed by atoms with Crippen LogP contribution in [0.2, 0.25) is 0 Å². The number of carbonyl (C=O) groups is 2. The Morgan fingerprint density at radius 3 is 2.74 bits per heavy atom. The molecule has 0 aliphatic carbocycles. The minimum absolute atomic E-state index is 0.0361. The summed E-state index contributed by atoms with van der Waals surface area (Å²) in [6.07, 6.45) is 2.56. The molecule has 31 heavy (non-hydrogen) atoms. The summed E-state index contributed by atoms with van der Waals surface area (Å²) >= 11 is 1.62. The molecule has 1 aliphatic rings. The molecule has 0 saturated carbocycles. The second-order valence-electron chi connectivity index (χ2n) is 7.35. The van der Waals surface area contributed by atoms with Gasteiger partial charge in [-0.15, -0.1) is 11.3 Å². The number of rotatable bonds is 5. The van der Waals surface area contributed by atoms with Crippen molar-refractivity contribution in [1.29, 1.82) is 0 Å². The van der Waals surface area contributed by atoms with Crippen molar-refractivity contribution in [3.05, 3.63) is 87.9 Å². The maximum Gasteiger partial charge on any atom is 0.253 e. The van der Waals surface area contributed by atoms with Gasteiger partial charge in [0.2, 0.25) is 0 Å². The Kier molecular flexibility index (Phi) is 5.09. The van der Waals surface area contributed by atoms with Crippen LogP contribution in [-0.4, -0.2) is 28.3 Å². The number of aromatic nitrogens is 2. The molecule has 0 radical (unpaired) electrons. The van der Waals surface area contributed by atoms with E-state index in [1.54, 1.807) is 17.5 Å². The quantitative estimate of drug-likeness (QED) is 0.449. The molecule has 4 heterocycles.